The number of benzene rings is 3. The van der Waals surface area contributed by atoms with Crippen molar-refractivity contribution in [1.82, 2.24) is 4.98 Å². The molecule has 6 aromatic rings. The number of thiophene rings is 1. The zero-order valence-corrected chi connectivity index (χ0v) is 34.1. The number of hydrogen-bond acceptors (Lipinski definition) is 5. The first-order chi connectivity index (χ1) is 23.4. The fourth-order valence-electron chi connectivity index (χ4n) is 6.70. The maximum Gasteiger partial charge on any atom is 0.162 e. The zero-order valence-electron chi connectivity index (χ0n) is 30.9. The van der Waals surface area contributed by atoms with Gasteiger partial charge in [-0.2, -0.15) is 0 Å². The first kappa shape index (κ1) is 39.2. The number of aryl methyl sites for hydroxylation is 2. The maximum absolute atomic E-state index is 11.7. The van der Waals surface area contributed by atoms with Crippen LogP contribution >= 0.6 is 11.3 Å². The third-order valence-electron chi connectivity index (χ3n) is 9.82. The number of furan rings is 1. The summed E-state index contributed by atoms with van der Waals surface area (Å²) in [5, 5.41) is 14.5. The maximum atomic E-state index is 11.7. The van der Waals surface area contributed by atoms with E-state index in [2.05, 4.69) is 89.2 Å². The van der Waals surface area contributed by atoms with Crippen LogP contribution < -0.4 is 0 Å². The summed E-state index contributed by atoms with van der Waals surface area (Å²) < 4.78 is 7.53. The van der Waals surface area contributed by atoms with Crippen molar-refractivity contribution in [3.8, 4) is 21.9 Å². The van der Waals surface area contributed by atoms with E-state index in [1.807, 2.05) is 46.0 Å². The molecule has 1 N–H and O–H groups in total. The van der Waals surface area contributed by atoms with Crippen LogP contribution in [0, 0.1) is 31.7 Å². The summed E-state index contributed by atoms with van der Waals surface area (Å²) in [5.41, 5.74) is 6.72. The number of aliphatic hydroxyl groups excluding tert-OH is 1. The average Bonchev–Trinajstić information content (AvgIpc) is 3.61. The normalized spacial score (nSPS) is 12.1. The molecule has 0 bridgehead atoms. The number of rotatable bonds is 9. The van der Waals surface area contributed by atoms with Crippen molar-refractivity contribution in [2.75, 3.05) is 0 Å². The van der Waals surface area contributed by atoms with Crippen LogP contribution in [0.3, 0.4) is 0 Å². The smallest absolute Gasteiger partial charge is 0.162 e. The van der Waals surface area contributed by atoms with Crippen LogP contribution in [0.1, 0.15) is 90.8 Å². The molecule has 0 saturated heterocycles. The molecule has 0 aliphatic heterocycles. The molecule has 0 atom stereocenters. The molecule has 4 nitrogen and oxygen atoms in total. The molecule has 1 radical (unpaired) electrons. The molecule has 0 saturated carbocycles. The van der Waals surface area contributed by atoms with Gasteiger partial charge in [0.15, 0.2) is 5.78 Å². The second kappa shape index (κ2) is 16.6. The van der Waals surface area contributed by atoms with Crippen molar-refractivity contribution >= 4 is 48.9 Å². The Morgan fingerprint density at radius 1 is 0.880 bits per heavy atom. The van der Waals surface area contributed by atoms with Gasteiger partial charge in [0.25, 0.3) is 0 Å². The van der Waals surface area contributed by atoms with Crippen LogP contribution in [0.4, 0.5) is 0 Å². The molecule has 3 heterocycles. The monoisotopic (exact) mass is 865 g/mol. The van der Waals surface area contributed by atoms with Crippen LogP contribution in [0.2, 0.25) is 0 Å². The number of aliphatic hydroxyl groups is 1. The van der Waals surface area contributed by atoms with Crippen molar-refractivity contribution in [3.05, 3.63) is 101 Å². The summed E-state index contributed by atoms with van der Waals surface area (Å²) in [5.74, 6) is 1.51. The molecule has 3 aromatic carbocycles. The van der Waals surface area contributed by atoms with E-state index in [4.69, 9.17) is 9.40 Å². The van der Waals surface area contributed by atoms with E-state index in [9.17, 15) is 9.90 Å². The Morgan fingerprint density at radius 2 is 1.50 bits per heavy atom. The fraction of sp³-hybridized carbons (Fsp3) is 0.364. The number of nitrogens with zero attached hydrogens (tertiary/aromatic N) is 1. The number of para-hydroxylation sites is 1. The van der Waals surface area contributed by atoms with E-state index in [-0.39, 0.29) is 48.9 Å². The van der Waals surface area contributed by atoms with E-state index in [0.29, 0.717) is 0 Å². The molecule has 0 amide bonds. The van der Waals surface area contributed by atoms with Gasteiger partial charge < -0.3 is 9.52 Å². The van der Waals surface area contributed by atoms with Crippen molar-refractivity contribution < 1.29 is 34.4 Å². The summed E-state index contributed by atoms with van der Waals surface area (Å²) in [6, 6.07) is 24.9. The Kier molecular flexibility index (Phi) is 13.0. The second-order valence-electron chi connectivity index (χ2n) is 14.0. The first-order valence-corrected chi connectivity index (χ1v) is 18.5. The Morgan fingerprint density at radius 3 is 2.12 bits per heavy atom. The van der Waals surface area contributed by atoms with Gasteiger partial charge >= 0.3 is 0 Å². The first-order valence-electron chi connectivity index (χ1n) is 17.7. The Hall–Kier alpha value is -3.57. The minimum absolute atomic E-state index is 0. The number of fused-ring (bicyclic) bond motifs is 3. The number of allylic oxidation sites excluding steroid dienone is 2. The molecule has 50 heavy (non-hydrogen) atoms. The third kappa shape index (κ3) is 7.99. The quantitative estimate of drug-likeness (QED) is 0.0893. The van der Waals surface area contributed by atoms with E-state index < -0.39 is 0 Å². The molecule has 3 aromatic heterocycles. The molecule has 0 aliphatic rings. The van der Waals surface area contributed by atoms with E-state index in [0.717, 1.165) is 53.7 Å². The molecule has 0 aliphatic carbocycles. The second-order valence-corrected chi connectivity index (χ2v) is 15.1. The van der Waals surface area contributed by atoms with Crippen molar-refractivity contribution in [2.45, 2.75) is 93.4 Å². The van der Waals surface area contributed by atoms with Gasteiger partial charge in [0.1, 0.15) is 11.3 Å². The Bertz CT molecular complexity index is 2120. The minimum Gasteiger partial charge on any atom is -0.512 e. The molecule has 0 unspecified atom stereocenters. The van der Waals surface area contributed by atoms with Gasteiger partial charge in [-0.1, -0.05) is 95.8 Å². The number of pyridine rings is 1. The number of hydrogen-bond donors (Lipinski definition) is 1. The summed E-state index contributed by atoms with van der Waals surface area (Å²) in [7, 11) is 0. The van der Waals surface area contributed by atoms with E-state index in [1.165, 1.54) is 48.5 Å². The number of carbonyl (C=O) groups is 1. The zero-order chi connectivity index (χ0) is 35.5. The summed E-state index contributed by atoms with van der Waals surface area (Å²) in [6.07, 6.45) is 6.83. The van der Waals surface area contributed by atoms with Crippen LogP contribution in [0.5, 0.6) is 0 Å². The number of aromatic nitrogens is 1. The fourth-order valence-corrected chi connectivity index (χ4v) is 8.05. The van der Waals surface area contributed by atoms with Gasteiger partial charge in [0.2, 0.25) is 0 Å². The molecule has 0 fully saturated rings. The van der Waals surface area contributed by atoms with Crippen LogP contribution in [-0.2, 0) is 30.3 Å². The minimum atomic E-state index is 0. The van der Waals surface area contributed by atoms with Gasteiger partial charge in [-0.15, -0.1) is 40.5 Å². The van der Waals surface area contributed by atoms with Crippen molar-refractivity contribution in [2.24, 2.45) is 11.8 Å². The third-order valence-corrected chi connectivity index (χ3v) is 11.1. The predicted octanol–water partition coefficient (Wildman–Crippen LogP) is 13.1. The largest absolute Gasteiger partial charge is 0.512 e. The van der Waals surface area contributed by atoms with E-state index >= 15 is 0 Å². The van der Waals surface area contributed by atoms with Gasteiger partial charge in [0, 0.05) is 65.6 Å². The van der Waals surface area contributed by atoms with Crippen LogP contribution in [-0.4, -0.2) is 15.9 Å². The summed E-state index contributed by atoms with van der Waals surface area (Å²) in [4.78, 5) is 17.8. The van der Waals surface area contributed by atoms with Gasteiger partial charge in [-0.05, 0) is 68.0 Å². The Balaban J connectivity index is 0.000000301. The standard InChI is InChI=1S/C31H26NOS.C13H24O2.Ir/c1-18-22-11-8-9-13-26(22)33-28(18)29-19(2)23-14-15-32-27(30(23)34-29)21-16-20-10-6-7-12-24(20)25(17-21)31(3,4)5;1-5-10(6-2)12(14)9-13(15)11(7-3)8-4;/h6-15,17H,1-5H3;9-11,14H,5-8H2,1-4H3;/q-1;;/b;12-9-;. The van der Waals surface area contributed by atoms with Gasteiger partial charge in [-0.25, -0.2) is 0 Å². The molecule has 0 spiro atoms. The number of ketones is 1. The van der Waals surface area contributed by atoms with Crippen molar-refractivity contribution in [1.29, 1.82) is 0 Å². The molecular weight excluding hydrogens is 815 g/mol. The summed E-state index contributed by atoms with van der Waals surface area (Å²) >= 11 is 1.77. The predicted molar refractivity (Wildman–Crippen MR) is 209 cm³/mol. The summed E-state index contributed by atoms with van der Waals surface area (Å²) in [6.45, 7) is 19.2. The topological polar surface area (TPSA) is 63.3 Å². The SMILES string of the molecule is CCC(CC)C(=O)/C=C(\O)C(CC)CC.Cc1c(-c2sc3c(-c4[c-]c5ccccc5c(C(C)(C)C)c4)nccc3c2C)oc2ccccc12.[Ir]. The molecule has 6 rings (SSSR count). The molecular formula is C44H50IrNO3S-. The van der Waals surface area contributed by atoms with Crippen molar-refractivity contribution in [3.63, 3.8) is 0 Å². The molecule has 265 valence electrons. The van der Waals surface area contributed by atoms with Crippen LogP contribution in [0.15, 0.2) is 83.1 Å². The van der Waals surface area contributed by atoms with Crippen LogP contribution in [0.25, 0.3) is 53.7 Å². The number of carbonyl (C=O) groups excluding carboxylic acids is 1. The average molecular weight is 865 g/mol. The van der Waals surface area contributed by atoms with Gasteiger partial charge in [0.05, 0.1) is 10.6 Å². The van der Waals surface area contributed by atoms with E-state index in [1.54, 1.807) is 11.3 Å². The van der Waals surface area contributed by atoms with Gasteiger partial charge in [-0.3, -0.25) is 9.78 Å². The molecule has 6 heteroatoms. The Labute approximate surface area is 315 Å².